The van der Waals surface area contributed by atoms with Crippen LogP contribution in [0, 0.1) is 3.57 Å². The van der Waals surface area contributed by atoms with Crippen LogP contribution in [0.3, 0.4) is 0 Å². The lowest BCUT2D eigenvalue weighted by Gasteiger charge is -1.98. The predicted molar refractivity (Wildman–Crippen MR) is 66.2 cm³/mol. The Bertz CT molecular complexity index is 292. The normalized spacial score (nSPS) is 10.9. The molecule has 0 bridgehead atoms. The lowest BCUT2D eigenvalue weighted by molar-refractivity contribution is 1.23. The summed E-state index contributed by atoms with van der Waals surface area (Å²) in [6.45, 7) is 2.14. The number of allylic oxidation sites excluding steroid dienone is 1. The smallest absolute Gasteiger partial charge is 0.0203 e. The molecule has 0 amide bonds. The molecule has 0 aliphatic heterocycles. The number of benzene rings is 1. The van der Waals surface area contributed by atoms with Crippen LogP contribution in [0.1, 0.15) is 18.9 Å². The molecular weight excluding hydrogens is 327 g/mol. The van der Waals surface area contributed by atoms with E-state index in [-0.39, 0.29) is 0 Å². The second-order valence-corrected chi connectivity index (χ2v) is 4.55. The monoisotopic (exact) mass is 336 g/mol. The Hall–Kier alpha value is 0.170. The van der Waals surface area contributed by atoms with Crippen molar-refractivity contribution in [2.75, 3.05) is 0 Å². The van der Waals surface area contributed by atoms with Crippen LogP contribution < -0.4 is 0 Å². The standard InChI is InChI=1S/C10H10BrI/c1-2-3-4-8-7-9(11)5-6-10(8)12/h3-7H,2H2,1H3/b4-3-. The largest absolute Gasteiger partial charge is 0.0842 e. The summed E-state index contributed by atoms with van der Waals surface area (Å²) >= 11 is 5.80. The first-order chi connectivity index (χ1) is 5.74. The van der Waals surface area contributed by atoms with Gasteiger partial charge in [0.25, 0.3) is 0 Å². The zero-order chi connectivity index (χ0) is 8.97. The molecule has 0 fully saturated rings. The molecule has 0 spiro atoms. The van der Waals surface area contributed by atoms with Gasteiger partial charge in [-0.1, -0.05) is 35.0 Å². The zero-order valence-electron chi connectivity index (χ0n) is 6.85. The zero-order valence-corrected chi connectivity index (χ0v) is 10.6. The Morgan fingerprint density at radius 2 is 2.25 bits per heavy atom. The molecule has 0 atom stereocenters. The fourth-order valence-corrected chi connectivity index (χ4v) is 1.78. The quantitative estimate of drug-likeness (QED) is 0.699. The number of hydrogen-bond acceptors (Lipinski definition) is 0. The minimum absolute atomic E-state index is 1.09. The van der Waals surface area contributed by atoms with Crippen molar-refractivity contribution in [1.29, 1.82) is 0 Å². The van der Waals surface area contributed by atoms with E-state index in [0.29, 0.717) is 0 Å². The van der Waals surface area contributed by atoms with Gasteiger partial charge in [0.2, 0.25) is 0 Å². The van der Waals surface area contributed by atoms with Crippen LogP contribution in [0.15, 0.2) is 28.7 Å². The van der Waals surface area contributed by atoms with Crippen LogP contribution in [0.4, 0.5) is 0 Å². The van der Waals surface area contributed by atoms with Gasteiger partial charge in [0.15, 0.2) is 0 Å². The Labute approximate surface area is 95.3 Å². The van der Waals surface area contributed by atoms with Crippen molar-refractivity contribution in [2.24, 2.45) is 0 Å². The molecule has 1 aromatic carbocycles. The Balaban J connectivity index is 2.97. The molecule has 1 rings (SSSR count). The van der Waals surface area contributed by atoms with Crippen LogP contribution in [0.25, 0.3) is 6.08 Å². The van der Waals surface area contributed by atoms with Crippen LogP contribution >= 0.6 is 38.5 Å². The molecule has 0 radical (unpaired) electrons. The molecule has 0 aromatic heterocycles. The van der Waals surface area contributed by atoms with Gasteiger partial charge >= 0.3 is 0 Å². The van der Waals surface area contributed by atoms with Crippen molar-refractivity contribution in [3.05, 3.63) is 37.9 Å². The lowest BCUT2D eigenvalue weighted by atomic mass is 10.2. The van der Waals surface area contributed by atoms with Crippen LogP contribution in [-0.4, -0.2) is 0 Å². The third kappa shape index (κ3) is 2.90. The van der Waals surface area contributed by atoms with Crippen molar-refractivity contribution in [3.63, 3.8) is 0 Å². The van der Waals surface area contributed by atoms with Gasteiger partial charge < -0.3 is 0 Å². The van der Waals surface area contributed by atoms with Crippen molar-refractivity contribution in [3.8, 4) is 0 Å². The number of rotatable bonds is 2. The highest BCUT2D eigenvalue weighted by atomic mass is 127. The molecular formula is C10H10BrI. The second-order valence-electron chi connectivity index (χ2n) is 2.48. The summed E-state index contributed by atoms with van der Waals surface area (Å²) in [6.07, 6.45) is 5.42. The fraction of sp³-hybridized carbons (Fsp3) is 0.200. The average molecular weight is 337 g/mol. The molecule has 0 saturated carbocycles. The lowest BCUT2D eigenvalue weighted by Crippen LogP contribution is -1.78. The Kier molecular flexibility index (Phi) is 4.29. The molecule has 12 heavy (non-hydrogen) atoms. The van der Waals surface area contributed by atoms with Gasteiger partial charge in [-0.05, 0) is 52.8 Å². The van der Waals surface area contributed by atoms with E-state index in [0.717, 1.165) is 10.9 Å². The first-order valence-corrected chi connectivity index (χ1v) is 5.73. The molecule has 1 aromatic rings. The molecule has 0 N–H and O–H groups in total. The van der Waals surface area contributed by atoms with Gasteiger partial charge in [-0.3, -0.25) is 0 Å². The van der Waals surface area contributed by atoms with E-state index in [9.17, 15) is 0 Å². The van der Waals surface area contributed by atoms with Crippen molar-refractivity contribution < 1.29 is 0 Å². The predicted octanol–water partition coefficient (Wildman–Crippen LogP) is 4.48. The SMILES string of the molecule is CC/C=C\c1cc(Br)ccc1I. The summed E-state index contributed by atoms with van der Waals surface area (Å²) in [5, 5.41) is 0. The summed E-state index contributed by atoms with van der Waals surface area (Å²) in [7, 11) is 0. The van der Waals surface area contributed by atoms with Gasteiger partial charge in [0.05, 0.1) is 0 Å². The van der Waals surface area contributed by atoms with Crippen LogP contribution in [0.5, 0.6) is 0 Å². The van der Waals surface area contributed by atoms with Gasteiger partial charge in [0.1, 0.15) is 0 Å². The molecule has 2 heteroatoms. The number of halogens is 2. The highest BCUT2D eigenvalue weighted by Gasteiger charge is 1.95. The summed E-state index contributed by atoms with van der Waals surface area (Å²) < 4.78 is 2.43. The molecule has 0 aliphatic carbocycles. The summed E-state index contributed by atoms with van der Waals surface area (Å²) in [6, 6.07) is 6.30. The van der Waals surface area contributed by atoms with Crippen molar-refractivity contribution >= 4 is 44.6 Å². The highest BCUT2D eigenvalue weighted by molar-refractivity contribution is 14.1. The van der Waals surface area contributed by atoms with E-state index in [2.05, 4.69) is 75.8 Å². The Morgan fingerprint density at radius 3 is 2.92 bits per heavy atom. The number of hydrogen-bond donors (Lipinski definition) is 0. The molecule has 0 aliphatic rings. The summed E-state index contributed by atoms with van der Waals surface area (Å²) in [4.78, 5) is 0. The first kappa shape index (κ1) is 10.3. The third-order valence-electron chi connectivity index (χ3n) is 1.49. The molecule has 0 unspecified atom stereocenters. The topological polar surface area (TPSA) is 0 Å². The maximum Gasteiger partial charge on any atom is 0.0203 e. The van der Waals surface area contributed by atoms with E-state index in [1.54, 1.807) is 0 Å². The van der Waals surface area contributed by atoms with Gasteiger partial charge in [0, 0.05) is 8.04 Å². The third-order valence-corrected chi connectivity index (χ3v) is 2.97. The van der Waals surface area contributed by atoms with E-state index in [4.69, 9.17) is 0 Å². The Morgan fingerprint density at radius 1 is 1.50 bits per heavy atom. The maximum absolute atomic E-state index is 3.45. The average Bonchev–Trinajstić information content (AvgIpc) is 2.07. The van der Waals surface area contributed by atoms with Crippen molar-refractivity contribution in [1.82, 2.24) is 0 Å². The second kappa shape index (κ2) is 5.02. The van der Waals surface area contributed by atoms with Crippen molar-refractivity contribution in [2.45, 2.75) is 13.3 Å². The first-order valence-electron chi connectivity index (χ1n) is 3.85. The highest BCUT2D eigenvalue weighted by Crippen LogP contribution is 2.19. The summed E-state index contributed by atoms with van der Waals surface area (Å²) in [5.74, 6) is 0. The van der Waals surface area contributed by atoms with E-state index < -0.39 is 0 Å². The van der Waals surface area contributed by atoms with E-state index in [1.807, 2.05) is 0 Å². The maximum atomic E-state index is 3.45. The molecule has 64 valence electrons. The minimum Gasteiger partial charge on any atom is -0.0842 e. The fourth-order valence-electron chi connectivity index (χ4n) is 0.887. The van der Waals surface area contributed by atoms with E-state index in [1.165, 1.54) is 9.13 Å². The van der Waals surface area contributed by atoms with Gasteiger partial charge in [-0.25, -0.2) is 0 Å². The van der Waals surface area contributed by atoms with E-state index >= 15 is 0 Å². The van der Waals surface area contributed by atoms with Crippen LogP contribution in [-0.2, 0) is 0 Å². The molecule has 0 saturated heterocycles. The summed E-state index contributed by atoms with van der Waals surface area (Å²) in [5.41, 5.74) is 1.28. The van der Waals surface area contributed by atoms with Crippen LogP contribution in [0.2, 0.25) is 0 Å². The minimum atomic E-state index is 1.09. The molecule has 0 heterocycles. The molecule has 0 nitrogen and oxygen atoms in total. The van der Waals surface area contributed by atoms with Gasteiger partial charge in [-0.15, -0.1) is 0 Å². The van der Waals surface area contributed by atoms with Gasteiger partial charge in [-0.2, -0.15) is 0 Å².